The lowest BCUT2D eigenvalue weighted by molar-refractivity contribution is 0.458. The van der Waals surface area contributed by atoms with Gasteiger partial charge in [0.05, 0.1) is 5.02 Å². The van der Waals surface area contributed by atoms with E-state index in [0.29, 0.717) is 16.7 Å². The summed E-state index contributed by atoms with van der Waals surface area (Å²) in [6.45, 7) is 2.76. The lowest BCUT2D eigenvalue weighted by atomic mass is 10.2. The first-order chi connectivity index (χ1) is 8.70. The van der Waals surface area contributed by atoms with Crippen molar-refractivity contribution in [3.05, 3.63) is 52.7 Å². The number of nitrogens with one attached hydrogen (secondary N) is 1. The van der Waals surface area contributed by atoms with Gasteiger partial charge in [-0.1, -0.05) is 23.7 Å². The largest absolute Gasteiger partial charge is 0.437 e. The topological polar surface area (TPSA) is 34.2 Å². The molecule has 0 unspecified atom stereocenters. The Morgan fingerprint density at radius 3 is 2.78 bits per heavy atom. The normalized spacial score (nSPS) is 10.4. The van der Waals surface area contributed by atoms with Crippen LogP contribution < -0.4 is 10.1 Å². The van der Waals surface area contributed by atoms with Crippen molar-refractivity contribution in [3.8, 4) is 11.6 Å². The highest BCUT2D eigenvalue weighted by molar-refractivity contribution is 6.32. The third-order valence-electron chi connectivity index (χ3n) is 2.51. The molecule has 1 N–H and O–H groups in total. The number of nitrogens with zero attached hydrogens (tertiary/aromatic N) is 1. The van der Waals surface area contributed by atoms with Gasteiger partial charge in [0.25, 0.3) is 0 Å². The summed E-state index contributed by atoms with van der Waals surface area (Å²) in [7, 11) is 1.91. The molecule has 0 amide bonds. The molecule has 1 aromatic carbocycles. The molecule has 0 aliphatic carbocycles. The number of para-hydroxylation sites is 1. The van der Waals surface area contributed by atoms with Gasteiger partial charge in [-0.25, -0.2) is 4.98 Å². The Hall–Kier alpha value is -1.58. The van der Waals surface area contributed by atoms with Crippen LogP contribution in [0.3, 0.4) is 0 Å². The van der Waals surface area contributed by atoms with Gasteiger partial charge in [0, 0.05) is 18.3 Å². The molecule has 0 aliphatic heterocycles. The summed E-state index contributed by atoms with van der Waals surface area (Å²) in [6, 6.07) is 9.42. The summed E-state index contributed by atoms with van der Waals surface area (Å²) in [5.41, 5.74) is 2.11. The average molecular weight is 263 g/mol. The van der Waals surface area contributed by atoms with Gasteiger partial charge in [-0.2, -0.15) is 0 Å². The second-order valence-electron chi connectivity index (χ2n) is 4.03. The molecule has 0 atom stereocenters. The van der Waals surface area contributed by atoms with Gasteiger partial charge in [0.2, 0.25) is 5.88 Å². The molecule has 3 nitrogen and oxygen atoms in total. The minimum absolute atomic E-state index is 0.581. The van der Waals surface area contributed by atoms with Gasteiger partial charge >= 0.3 is 0 Å². The zero-order chi connectivity index (χ0) is 13.0. The molecular weight excluding hydrogens is 248 g/mol. The van der Waals surface area contributed by atoms with Crippen LogP contribution in [-0.2, 0) is 6.54 Å². The highest BCUT2D eigenvalue weighted by Crippen LogP contribution is 2.29. The molecule has 0 saturated heterocycles. The van der Waals surface area contributed by atoms with E-state index in [-0.39, 0.29) is 0 Å². The molecule has 94 valence electrons. The highest BCUT2D eigenvalue weighted by Gasteiger charge is 2.06. The van der Waals surface area contributed by atoms with Crippen LogP contribution in [0.2, 0.25) is 5.02 Å². The molecule has 0 spiro atoms. The van der Waals surface area contributed by atoms with Gasteiger partial charge in [0.15, 0.2) is 0 Å². The van der Waals surface area contributed by atoms with Crippen molar-refractivity contribution >= 4 is 11.6 Å². The van der Waals surface area contributed by atoms with Crippen molar-refractivity contribution < 1.29 is 4.74 Å². The van der Waals surface area contributed by atoms with Crippen LogP contribution in [0.4, 0.5) is 0 Å². The second kappa shape index (κ2) is 5.85. The smallest absolute Gasteiger partial charge is 0.222 e. The van der Waals surface area contributed by atoms with Crippen LogP contribution in [-0.4, -0.2) is 12.0 Å². The van der Waals surface area contributed by atoms with Crippen LogP contribution in [0.25, 0.3) is 0 Å². The molecule has 0 radical (unpaired) electrons. The van der Waals surface area contributed by atoms with E-state index in [0.717, 1.165) is 17.7 Å². The van der Waals surface area contributed by atoms with Crippen LogP contribution in [0.1, 0.15) is 11.1 Å². The number of pyridine rings is 1. The zero-order valence-corrected chi connectivity index (χ0v) is 11.2. The molecule has 18 heavy (non-hydrogen) atoms. The fourth-order valence-electron chi connectivity index (χ4n) is 1.66. The summed E-state index contributed by atoms with van der Waals surface area (Å²) >= 11 is 6.04. The van der Waals surface area contributed by atoms with Gasteiger partial charge in [0.1, 0.15) is 5.75 Å². The first-order valence-corrected chi connectivity index (χ1v) is 6.11. The van der Waals surface area contributed by atoms with E-state index in [1.165, 1.54) is 0 Å². The SMILES string of the molecule is CNCc1cnc(Oc2ccccc2Cl)c(C)c1. The number of aromatic nitrogens is 1. The van der Waals surface area contributed by atoms with Crippen LogP contribution in [0, 0.1) is 6.92 Å². The number of rotatable bonds is 4. The van der Waals surface area contributed by atoms with E-state index >= 15 is 0 Å². The molecule has 0 aliphatic rings. The Morgan fingerprint density at radius 1 is 1.33 bits per heavy atom. The van der Waals surface area contributed by atoms with E-state index in [1.54, 1.807) is 12.3 Å². The molecule has 4 heteroatoms. The predicted octanol–water partition coefficient (Wildman–Crippen LogP) is 3.56. The second-order valence-corrected chi connectivity index (χ2v) is 4.44. The standard InChI is InChI=1S/C14H15ClN2O/c1-10-7-11(8-16-2)9-17-14(10)18-13-6-4-3-5-12(13)15/h3-7,9,16H,8H2,1-2H3. The Labute approximate surface area is 112 Å². The summed E-state index contributed by atoms with van der Waals surface area (Å²) in [5.74, 6) is 1.21. The summed E-state index contributed by atoms with van der Waals surface area (Å²) in [4.78, 5) is 4.31. The van der Waals surface area contributed by atoms with Crippen LogP contribution in [0.15, 0.2) is 36.5 Å². The molecule has 0 fully saturated rings. The van der Waals surface area contributed by atoms with Crippen LogP contribution >= 0.6 is 11.6 Å². The fraction of sp³-hybridized carbons (Fsp3) is 0.214. The molecule has 0 saturated carbocycles. The summed E-state index contributed by atoms with van der Waals surface area (Å²) < 4.78 is 5.71. The summed E-state index contributed by atoms with van der Waals surface area (Å²) in [6.07, 6.45) is 1.80. The monoisotopic (exact) mass is 262 g/mol. The number of benzene rings is 1. The molecule has 0 bridgehead atoms. The fourth-order valence-corrected chi connectivity index (χ4v) is 1.83. The van der Waals surface area contributed by atoms with E-state index < -0.39 is 0 Å². The highest BCUT2D eigenvalue weighted by atomic mass is 35.5. The lowest BCUT2D eigenvalue weighted by Crippen LogP contribution is -2.06. The van der Waals surface area contributed by atoms with Crippen molar-refractivity contribution in [1.29, 1.82) is 0 Å². The van der Waals surface area contributed by atoms with Crippen LogP contribution in [0.5, 0.6) is 11.6 Å². The van der Waals surface area contributed by atoms with Gasteiger partial charge < -0.3 is 10.1 Å². The predicted molar refractivity (Wildman–Crippen MR) is 73.3 cm³/mol. The van der Waals surface area contributed by atoms with Crippen molar-refractivity contribution in [2.45, 2.75) is 13.5 Å². The minimum atomic E-state index is 0.581. The van der Waals surface area contributed by atoms with Crippen molar-refractivity contribution in [2.75, 3.05) is 7.05 Å². The average Bonchev–Trinajstić information content (AvgIpc) is 2.35. The molecule has 1 aromatic heterocycles. The quantitative estimate of drug-likeness (QED) is 0.915. The van der Waals surface area contributed by atoms with Gasteiger partial charge in [-0.15, -0.1) is 0 Å². The maximum absolute atomic E-state index is 6.04. The first-order valence-electron chi connectivity index (χ1n) is 5.73. The minimum Gasteiger partial charge on any atom is -0.437 e. The summed E-state index contributed by atoms with van der Waals surface area (Å²) in [5, 5.41) is 3.67. The van der Waals surface area contributed by atoms with E-state index in [9.17, 15) is 0 Å². The van der Waals surface area contributed by atoms with Gasteiger partial charge in [-0.3, -0.25) is 0 Å². The zero-order valence-electron chi connectivity index (χ0n) is 10.4. The van der Waals surface area contributed by atoms with Crippen molar-refractivity contribution in [3.63, 3.8) is 0 Å². The van der Waals surface area contributed by atoms with E-state index in [1.807, 2.05) is 32.2 Å². The van der Waals surface area contributed by atoms with E-state index in [4.69, 9.17) is 16.3 Å². The van der Waals surface area contributed by atoms with E-state index in [2.05, 4.69) is 16.4 Å². The third kappa shape index (κ3) is 3.00. The Bertz CT molecular complexity index is 543. The maximum atomic E-state index is 6.04. The van der Waals surface area contributed by atoms with Gasteiger partial charge in [-0.05, 0) is 37.7 Å². The first kappa shape index (κ1) is 12.9. The van der Waals surface area contributed by atoms with Crippen molar-refractivity contribution in [2.24, 2.45) is 0 Å². The number of hydrogen-bond donors (Lipinski definition) is 1. The Kier molecular flexibility index (Phi) is 4.18. The maximum Gasteiger partial charge on any atom is 0.222 e. The molecule has 1 heterocycles. The van der Waals surface area contributed by atoms with Crippen molar-refractivity contribution in [1.82, 2.24) is 10.3 Å². The number of hydrogen-bond acceptors (Lipinski definition) is 3. The number of halogens is 1. The molecular formula is C14H15ClN2O. The number of ether oxygens (including phenoxy) is 1. The lowest BCUT2D eigenvalue weighted by Gasteiger charge is -2.10. The molecule has 2 aromatic rings. The Balaban J connectivity index is 2.22. The third-order valence-corrected chi connectivity index (χ3v) is 2.82. The Morgan fingerprint density at radius 2 is 2.11 bits per heavy atom. The number of aryl methyl sites for hydroxylation is 1. The molecule has 2 rings (SSSR count).